The van der Waals surface area contributed by atoms with Crippen LogP contribution in [0.15, 0.2) is 47.5 Å². The predicted molar refractivity (Wildman–Crippen MR) is 69.3 cm³/mol. The van der Waals surface area contributed by atoms with Crippen molar-refractivity contribution in [2.75, 3.05) is 6.54 Å². The number of rotatable bonds is 6. The normalized spacial score (nSPS) is 10.9. The molecule has 0 saturated heterocycles. The van der Waals surface area contributed by atoms with E-state index >= 15 is 0 Å². The molecular formula is C13H17NO2S. The first kappa shape index (κ1) is 13.7. The molecule has 3 nitrogen and oxygen atoms in total. The first-order valence-electron chi connectivity index (χ1n) is 5.47. The highest BCUT2D eigenvalue weighted by Gasteiger charge is 2.11. The maximum Gasteiger partial charge on any atom is 0.240 e. The van der Waals surface area contributed by atoms with Gasteiger partial charge in [-0.25, -0.2) is 13.1 Å². The van der Waals surface area contributed by atoms with Gasteiger partial charge in [0, 0.05) is 6.54 Å². The zero-order valence-electron chi connectivity index (χ0n) is 9.94. The van der Waals surface area contributed by atoms with Gasteiger partial charge in [-0.1, -0.05) is 24.3 Å². The molecule has 0 saturated carbocycles. The quantitative estimate of drug-likeness (QED) is 0.623. The van der Waals surface area contributed by atoms with Crippen molar-refractivity contribution in [3.63, 3.8) is 0 Å². The van der Waals surface area contributed by atoms with Crippen LogP contribution in [0.4, 0.5) is 0 Å². The van der Waals surface area contributed by atoms with Crippen LogP contribution in [-0.2, 0) is 10.0 Å². The van der Waals surface area contributed by atoms with E-state index in [0.717, 1.165) is 18.4 Å². The summed E-state index contributed by atoms with van der Waals surface area (Å²) in [5.41, 5.74) is 3.69. The fourth-order valence-electron chi connectivity index (χ4n) is 1.31. The van der Waals surface area contributed by atoms with Gasteiger partial charge in [-0.15, -0.1) is 5.73 Å². The molecule has 1 aromatic carbocycles. The third kappa shape index (κ3) is 4.57. The number of benzene rings is 1. The topological polar surface area (TPSA) is 46.2 Å². The fraction of sp³-hybridized carbons (Fsp3) is 0.308. The van der Waals surface area contributed by atoms with Gasteiger partial charge in [0.1, 0.15) is 0 Å². The Balaban J connectivity index is 2.57. The minimum Gasteiger partial charge on any atom is -0.211 e. The molecule has 0 aliphatic carbocycles. The minimum absolute atomic E-state index is 0.308. The summed E-state index contributed by atoms with van der Waals surface area (Å²) in [4.78, 5) is 0.308. The van der Waals surface area contributed by atoms with Gasteiger partial charge in [0.2, 0.25) is 10.0 Å². The molecule has 0 aliphatic rings. The molecule has 0 radical (unpaired) electrons. The Kier molecular flexibility index (Phi) is 5.16. The molecule has 1 N–H and O–H groups in total. The summed E-state index contributed by atoms with van der Waals surface area (Å²) in [6.07, 6.45) is 3.31. The summed E-state index contributed by atoms with van der Waals surface area (Å²) < 4.78 is 26.2. The second-order valence-electron chi connectivity index (χ2n) is 3.76. The molecular weight excluding hydrogens is 234 g/mol. The second-order valence-corrected chi connectivity index (χ2v) is 5.53. The van der Waals surface area contributed by atoms with Gasteiger partial charge < -0.3 is 0 Å². The van der Waals surface area contributed by atoms with Crippen molar-refractivity contribution in [2.45, 2.75) is 24.7 Å². The molecule has 0 bridgehead atoms. The van der Waals surface area contributed by atoms with E-state index in [0.29, 0.717) is 11.4 Å². The van der Waals surface area contributed by atoms with Crippen LogP contribution in [0.2, 0.25) is 0 Å². The standard InChI is InChI=1S/C13H17NO2S/c1-3-4-5-6-11-14-17(15,16)13-9-7-12(2)8-10-13/h4,7-10,14H,1,5-6,11H2,2H3. The van der Waals surface area contributed by atoms with Gasteiger partial charge >= 0.3 is 0 Å². The molecule has 1 rings (SSSR count). The molecule has 0 atom stereocenters. The Morgan fingerprint density at radius 1 is 1.35 bits per heavy atom. The monoisotopic (exact) mass is 251 g/mol. The average Bonchev–Trinajstić information content (AvgIpc) is 2.29. The molecule has 0 aromatic heterocycles. The lowest BCUT2D eigenvalue weighted by Gasteiger charge is -2.06. The molecule has 17 heavy (non-hydrogen) atoms. The molecule has 0 amide bonds. The number of nitrogens with one attached hydrogen (secondary N) is 1. The lowest BCUT2D eigenvalue weighted by atomic mass is 10.2. The Morgan fingerprint density at radius 2 is 2.00 bits per heavy atom. The molecule has 0 fully saturated rings. The first-order valence-corrected chi connectivity index (χ1v) is 6.95. The average molecular weight is 251 g/mol. The zero-order chi connectivity index (χ0) is 12.7. The van der Waals surface area contributed by atoms with E-state index in [1.54, 1.807) is 30.3 Å². The Hall–Kier alpha value is -1.35. The number of hydrogen-bond acceptors (Lipinski definition) is 2. The summed E-state index contributed by atoms with van der Waals surface area (Å²) in [6.45, 7) is 5.79. The van der Waals surface area contributed by atoms with Crippen LogP contribution in [-0.4, -0.2) is 15.0 Å². The van der Waals surface area contributed by atoms with Crippen LogP contribution in [0.3, 0.4) is 0 Å². The van der Waals surface area contributed by atoms with Crippen LogP contribution >= 0.6 is 0 Å². The SMILES string of the molecule is C=C=CCCCNS(=O)(=O)c1ccc(C)cc1. The van der Waals surface area contributed by atoms with E-state index in [1.807, 2.05) is 6.92 Å². The van der Waals surface area contributed by atoms with Crippen molar-refractivity contribution >= 4 is 10.0 Å². The molecule has 0 spiro atoms. The summed E-state index contributed by atoms with van der Waals surface area (Å²) in [7, 11) is -3.36. The number of hydrogen-bond donors (Lipinski definition) is 1. The Bertz CT molecular complexity index is 497. The van der Waals surface area contributed by atoms with Crippen molar-refractivity contribution in [1.82, 2.24) is 4.72 Å². The maximum atomic E-state index is 11.8. The van der Waals surface area contributed by atoms with Gasteiger partial charge in [-0.2, -0.15) is 0 Å². The lowest BCUT2D eigenvalue weighted by molar-refractivity contribution is 0.579. The first-order chi connectivity index (χ1) is 8.06. The van der Waals surface area contributed by atoms with E-state index in [2.05, 4.69) is 17.0 Å². The van der Waals surface area contributed by atoms with Crippen LogP contribution in [0.25, 0.3) is 0 Å². The van der Waals surface area contributed by atoms with Crippen LogP contribution in [0.1, 0.15) is 18.4 Å². The van der Waals surface area contributed by atoms with Gasteiger partial charge in [-0.05, 0) is 38.0 Å². The summed E-state index contributed by atoms with van der Waals surface area (Å²) in [6, 6.07) is 6.80. The van der Waals surface area contributed by atoms with Crippen molar-refractivity contribution < 1.29 is 8.42 Å². The van der Waals surface area contributed by atoms with E-state index in [4.69, 9.17) is 0 Å². The van der Waals surface area contributed by atoms with Crippen LogP contribution in [0, 0.1) is 6.92 Å². The van der Waals surface area contributed by atoms with E-state index < -0.39 is 10.0 Å². The lowest BCUT2D eigenvalue weighted by Crippen LogP contribution is -2.24. The third-order valence-corrected chi connectivity index (χ3v) is 3.77. The number of allylic oxidation sites excluding steroid dienone is 1. The number of sulfonamides is 1. The largest absolute Gasteiger partial charge is 0.240 e. The highest BCUT2D eigenvalue weighted by atomic mass is 32.2. The van der Waals surface area contributed by atoms with E-state index in [1.165, 1.54) is 0 Å². The van der Waals surface area contributed by atoms with Gasteiger partial charge in [0.25, 0.3) is 0 Å². The predicted octanol–water partition coefficient (Wildman–Crippen LogP) is 2.39. The van der Waals surface area contributed by atoms with Gasteiger partial charge in [-0.3, -0.25) is 0 Å². The summed E-state index contributed by atoms with van der Waals surface area (Å²) >= 11 is 0. The van der Waals surface area contributed by atoms with Crippen LogP contribution < -0.4 is 4.72 Å². The van der Waals surface area contributed by atoms with Gasteiger partial charge in [0.05, 0.1) is 4.90 Å². The molecule has 92 valence electrons. The molecule has 1 aromatic rings. The molecule has 0 heterocycles. The molecule has 0 aliphatic heterocycles. The Labute approximate surface area is 103 Å². The minimum atomic E-state index is -3.36. The van der Waals surface area contributed by atoms with Crippen molar-refractivity contribution in [1.29, 1.82) is 0 Å². The van der Waals surface area contributed by atoms with E-state index in [9.17, 15) is 8.42 Å². The van der Waals surface area contributed by atoms with Crippen molar-refractivity contribution in [2.24, 2.45) is 0 Å². The maximum absolute atomic E-state index is 11.8. The highest BCUT2D eigenvalue weighted by molar-refractivity contribution is 7.89. The zero-order valence-corrected chi connectivity index (χ0v) is 10.8. The van der Waals surface area contributed by atoms with Crippen molar-refractivity contribution in [3.8, 4) is 0 Å². The smallest absolute Gasteiger partial charge is 0.211 e. The third-order valence-electron chi connectivity index (χ3n) is 2.29. The Morgan fingerprint density at radius 3 is 2.59 bits per heavy atom. The van der Waals surface area contributed by atoms with Crippen molar-refractivity contribution in [3.05, 3.63) is 48.2 Å². The molecule has 0 unspecified atom stereocenters. The number of unbranched alkanes of at least 4 members (excludes halogenated alkanes) is 1. The number of aryl methyl sites for hydroxylation is 1. The van der Waals surface area contributed by atoms with Gasteiger partial charge in [0.15, 0.2) is 0 Å². The molecule has 4 heteroatoms. The summed E-state index contributed by atoms with van der Waals surface area (Å²) in [5.74, 6) is 0. The fourth-order valence-corrected chi connectivity index (χ4v) is 2.39. The van der Waals surface area contributed by atoms with E-state index in [-0.39, 0.29) is 0 Å². The van der Waals surface area contributed by atoms with Crippen LogP contribution in [0.5, 0.6) is 0 Å². The second kappa shape index (κ2) is 6.40. The highest BCUT2D eigenvalue weighted by Crippen LogP contribution is 2.09. The summed E-state index contributed by atoms with van der Waals surface area (Å²) in [5, 5.41) is 0.